The number of benzene rings is 2. The minimum absolute atomic E-state index is 0.205. The van der Waals surface area contributed by atoms with Crippen LogP contribution in [0.3, 0.4) is 0 Å². The summed E-state index contributed by atoms with van der Waals surface area (Å²) in [5.74, 6) is 0.439. The van der Waals surface area contributed by atoms with Gasteiger partial charge in [-0.2, -0.15) is 0 Å². The third-order valence-corrected chi connectivity index (χ3v) is 3.71. The van der Waals surface area contributed by atoms with E-state index in [0.29, 0.717) is 17.0 Å². The molecule has 1 N–H and O–H groups in total. The largest absolute Gasteiger partial charge is 0.497 e. The smallest absolute Gasteiger partial charge is 0.255 e. The molecule has 0 aliphatic carbocycles. The van der Waals surface area contributed by atoms with Gasteiger partial charge in [-0.15, -0.1) is 0 Å². The third-order valence-electron chi connectivity index (χ3n) is 3.25. The first-order chi connectivity index (χ1) is 10.7. The molecule has 3 rings (SSSR count). The number of amides is 1. The Kier molecular flexibility index (Phi) is 4.06. The average molecular weight is 357 g/mol. The van der Waals surface area contributed by atoms with E-state index in [2.05, 4.69) is 26.2 Å². The van der Waals surface area contributed by atoms with Crippen molar-refractivity contribution in [2.24, 2.45) is 0 Å². The van der Waals surface area contributed by atoms with Gasteiger partial charge in [0.1, 0.15) is 5.75 Å². The first-order valence-electron chi connectivity index (χ1n) is 6.67. The zero-order valence-corrected chi connectivity index (χ0v) is 13.4. The standard InChI is InChI=1S/C17H13BrN2O2/c1-22-14-6-2-4-12(9-14)17(21)20-15-10-13(18)8-11-5-3-7-19-16(11)15/h2-10H,1H3,(H,20,21). The maximum Gasteiger partial charge on any atom is 0.255 e. The number of aromatic nitrogens is 1. The van der Waals surface area contributed by atoms with Crippen molar-refractivity contribution in [1.82, 2.24) is 4.98 Å². The van der Waals surface area contributed by atoms with Crippen LogP contribution in [0.25, 0.3) is 10.9 Å². The van der Waals surface area contributed by atoms with Crippen molar-refractivity contribution in [2.45, 2.75) is 0 Å². The molecular formula is C17H13BrN2O2. The van der Waals surface area contributed by atoms with Gasteiger partial charge in [0.05, 0.1) is 18.3 Å². The molecule has 0 radical (unpaired) electrons. The number of anilines is 1. The Morgan fingerprint density at radius 2 is 2.05 bits per heavy atom. The molecule has 0 fully saturated rings. The molecular weight excluding hydrogens is 344 g/mol. The minimum Gasteiger partial charge on any atom is -0.497 e. The number of carbonyl (C=O) groups excluding carboxylic acids is 1. The fourth-order valence-corrected chi connectivity index (χ4v) is 2.69. The number of nitrogens with one attached hydrogen (secondary N) is 1. The maximum atomic E-state index is 12.4. The van der Waals surface area contributed by atoms with Crippen LogP contribution in [0.5, 0.6) is 5.75 Å². The Morgan fingerprint density at radius 1 is 1.18 bits per heavy atom. The second-order valence-corrected chi connectivity index (χ2v) is 5.63. The van der Waals surface area contributed by atoms with Crippen LogP contribution in [0.1, 0.15) is 10.4 Å². The van der Waals surface area contributed by atoms with E-state index in [1.165, 1.54) is 0 Å². The molecule has 4 nitrogen and oxygen atoms in total. The van der Waals surface area contributed by atoms with Crippen molar-refractivity contribution in [2.75, 3.05) is 12.4 Å². The second-order valence-electron chi connectivity index (χ2n) is 4.71. The molecule has 110 valence electrons. The highest BCUT2D eigenvalue weighted by Gasteiger charge is 2.11. The number of ether oxygens (including phenoxy) is 1. The summed E-state index contributed by atoms with van der Waals surface area (Å²) in [7, 11) is 1.57. The third kappa shape index (κ3) is 2.94. The van der Waals surface area contributed by atoms with E-state index in [9.17, 15) is 4.79 Å². The first-order valence-corrected chi connectivity index (χ1v) is 7.46. The number of pyridine rings is 1. The highest BCUT2D eigenvalue weighted by Crippen LogP contribution is 2.27. The SMILES string of the molecule is COc1cccc(C(=O)Nc2cc(Br)cc3cccnc23)c1. The van der Waals surface area contributed by atoms with Crippen LogP contribution in [-0.4, -0.2) is 18.0 Å². The average Bonchev–Trinajstić information content (AvgIpc) is 2.54. The molecule has 0 aliphatic rings. The van der Waals surface area contributed by atoms with Crippen molar-refractivity contribution in [3.05, 3.63) is 64.8 Å². The van der Waals surface area contributed by atoms with Crippen LogP contribution in [0.4, 0.5) is 5.69 Å². The predicted octanol–water partition coefficient (Wildman–Crippen LogP) is 4.26. The van der Waals surface area contributed by atoms with Gasteiger partial charge in [0.25, 0.3) is 5.91 Å². The second kappa shape index (κ2) is 6.15. The lowest BCUT2D eigenvalue weighted by atomic mass is 10.1. The van der Waals surface area contributed by atoms with Crippen LogP contribution in [0.15, 0.2) is 59.2 Å². The van der Waals surface area contributed by atoms with Crippen LogP contribution >= 0.6 is 15.9 Å². The van der Waals surface area contributed by atoms with Gasteiger partial charge in [0, 0.05) is 21.6 Å². The molecule has 1 amide bonds. The molecule has 22 heavy (non-hydrogen) atoms. The quantitative estimate of drug-likeness (QED) is 0.762. The summed E-state index contributed by atoms with van der Waals surface area (Å²) in [5.41, 5.74) is 1.95. The predicted molar refractivity (Wildman–Crippen MR) is 90.4 cm³/mol. The monoisotopic (exact) mass is 356 g/mol. The van der Waals surface area contributed by atoms with E-state index in [-0.39, 0.29) is 5.91 Å². The van der Waals surface area contributed by atoms with Crippen LogP contribution < -0.4 is 10.1 Å². The summed E-state index contributed by atoms with van der Waals surface area (Å²) in [6.07, 6.45) is 1.71. The van der Waals surface area contributed by atoms with E-state index in [1.807, 2.05) is 24.3 Å². The molecule has 2 aromatic carbocycles. The molecule has 1 aromatic heterocycles. The summed E-state index contributed by atoms with van der Waals surface area (Å²) in [6.45, 7) is 0. The molecule has 0 unspecified atom stereocenters. The summed E-state index contributed by atoms with van der Waals surface area (Å²) in [4.78, 5) is 16.8. The molecule has 0 saturated carbocycles. The summed E-state index contributed by atoms with van der Waals surface area (Å²) >= 11 is 3.45. The molecule has 3 aromatic rings. The normalized spacial score (nSPS) is 10.5. The number of hydrogen-bond donors (Lipinski definition) is 1. The van der Waals surface area contributed by atoms with E-state index in [0.717, 1.165) is 15.4 Å². The fraction of sp³-hybridized carbons (Fsp3) is 0.0588. The topological polar surface area (TPSA) is 51.2 Å². The fourth-order valence-electron chi connectivity index (χ4n) is 2.21. The molecule has 0 aliphatic heterocycles. The Balaban J connectivity index is 1.97. The summed E-state index contributed by atoms with van der Waals surface area (Å²) < 4.78 is 6.03. The molecule has 0 spiro atoms. The lowest BCUT2D eigenvalue weighted by molar-refractivity contribution is 0.102. The number of nitrogens with zero attached hydrogens (tertiary/aromatic N) is 1. The number of fused-ring (bicyclic) bond motifs is 1. The highest BCUT2D eigenvalue weighted by atomic mass is 79.9. The Bertz CT molecular complexity index is 849. The minimum atomic E-state index is -0.205. The van der Waals surface area contributed by atoms with Gasteiger partial charge in [-0.3, -0.25) is 9.78 Å². The molecule has 0 atom stereocenters. The summed E-state index contributed by atoms with van der Waals surface area (Å²) in [6, 6.07) is 14.6. The van der Waals surface area contributed by atoms with Gasteiger partial charge < -0.3 is 10.1 Å². The summed E-state index contributed by atoms with van der Waals surface area (Å²) in [5, 5.41) is 3.86. The van der Waals surface area contributed by atoms with Gasteiger partial charge in [-0.1, -0.05) is 28.1 Å². The van der Waals surface area contributed by atoms with E-state index in [1.54, 1.807) is 37.6 Å². The molecule has 0 bridgehead atoms. The Labute approximate surface area is 136 Å². The van der Waals surface area contributed by atoms with Gasteiger partial charge in [0.15, 0.2) is 0 Å². The van der Waals surface area contributed by atoms with Crippen molar-refractivity contribution < 1.29 is 9.53 Å². The van der Waals surface area contributed by atoms with E-state index < -0.39 is 0 Å². The zero-order valence-electron chi connectivity index (χ0n) is 11.8. The van der Waals surface area contributed by atoms with Gasteiger partial charge in [-0.25, -0.2) is 0 Å². The van der Waals surface area contributed by atoms with Gasteiger partial charge in [0.2, 0.25) is 0 Å². The van der Waals surface area contributed by atoms with Gasteiger partial charge in [-0.05, 0) is 36.4 Å². The lowest BCUT2D eigenvalue weighted by Gasteiger charge is -2.09. The molecule has 1 heterocycles. The first kappa shape index (κ1) is 14.5. The number of halogens is 1. The Hall–Kier alpha value is -2.40. The molecule has 5 heteroatoms. The number of hydrogen-bond acceptors (Lipinski definition) is 3. The van der Waals surface area contributed by atoms with Crippen molar-refractivity contribution in [3.63, 3.8) is 0 Å². The number of methoxy groups -OCH3 is 1. The van der Waals surface area contributed by atoms with Crippen molar-refractivity contribution in [3.8, 4) is 5.75 Å². The van der Waals surface area contributed by atoms with Crippen LogP contribution in [0.2, 0.25) is 0 Å². The van der Waals surface area contributed by atoms with Crippen LogP contribution in [0, 0.1) is 0 Å². The lowest BCUT2D eigenvalue weighted by Crippen LogP contribution is -2.12. The van der Waals surface area contributed by atoms with Crippen LogP contribution in [-0.2, 0) is 0 Å². The van der Waals surface area contributed by atoms with Crippen molar-refractivity contribution in [1.29, 1.82) is 0 Å². The molecule has 0 saturated heterocycles. The zero-order chi connectivity index (χ0) is 15.5. The maximum absolute atomic E-state index is 12.4. The van der Waals surface area contributed by atoms with E-state index >= 15 is 0 Å². The van der Waals surface area contributed by atoms with Gasteiger partial charge >= 0.3 is 0 Å². The Morgan fingerprint density at radius 3 is 2.86 bits per heavy atom. The highest BCUT2D eigenvalue weighted by molar-refractivity contribution is 9.10. The number of rotatable bonds is 3. The number of carbonyl (C=O) groups is 1. The van der Waals surface area contributed by atoms with Crippen molar-refractivity contribution >= 4 is 38.4 Å². The van der Waals surface area contributed by atoms with E-state index in [4.69, 9.17) is 4.74 Å².